The van der Waals surface area contributed by atoms with E-state index in [1.54, 1.807) is 17.4 Å². The lowest BCUT2D eigenvalue weighted by Gasteiger charge is -2.34. The molecule has 1 fully saturated rings. The van der Waals surface area contributed by atoms with Crippen LogP contribution < -0.4 is 10.6 Å². The molecule has 0 bridgehead atoms. The molecule has 0 unspecified atom stereocenters. The zero-order valence-electron chi connectivity index (χ0n) is 11.0. The molecule has 20 heavy (non-hydrogen) atoms. The van der Waals surface area contributed by atoms with E-state index < -0.39 is 0 Å². The third kappa shape index (κ3) is 2.34. The van der Waals surface area contributed by atoms with Crippen molar-refractivity contribution in [3.63, 3.8) is 0 Å². The Bertz CT molecular complexity index is 642. The summed E-state index contributed by atoms with van der Waals surface area (Å²) in [7, 11) is 0. The van der Waals surface area contributed by atoms with Crippen LogP contribution >= 0.6 is 11.3 Å². The molecule has 2 N–H and O–H groups in total. The number of nitro groups is 1. The van der Waals surface area contributed by atoms with Crippen molar-refractivity contribution in [2.24, 2.45) is 5.73 Å². The van der Waals surface area contributed by atoms with Gasteiger partial charge in [0.15, 0.2) is 5.13 Å². The summed E-state index contributed by atoms with van der Waals surface area (Å²) in [4.78, 5) is 17.2. The molecule has 0 spiro atoms. The summed E-state index contributed by atoms with van der Waals surface area (Å²) < 4.78 is 0.979. The molecule has 0 aliphatic carbocycles. The molecule has 1 aliphatic rings. The number of nitro benzene ring substituents is 1. The van der Waals surface area contributed by atoms with E-state index in [9.17, 15) is 10.1 Å². The van der Waals surface area contributed by atoms with Crippen molar-refractivity contribution in [1.29, 1.82) is 0 Å². The number of rotatable bonds is 3. The van der Waals surface area contributed by atoms with Crippen LogP contribution in [-0.2, 0) is 0 Å². The zero-order chi connectivity index (χ0) is 14.1. The van der Waals surface area contributed by atoms with E-state index in [4.69, 9.17) is 5.73 Å². The van der Waals surface area contributed by atoms with Crippen LogP contribution in [0.5, 0.6) is 0 Å². The Labute approximate surface area is 120 Å². The number of benzene rings is 1. The number of hydrogen-bond acceptors (Lipinski definition) is 6. The van der Waals surface area contributed by atoms with E-state index in [0.29, 0.717) is 18.1 Å². The van der Waals surface area contributed by atoms with Gasteiger partial charge in [0.2, 0.25) is 0 Å². The fourth-order valence-corrected chi connectivity index (χ4v) is 3.68. The predicted molar refractivity (Wildman–Crippen MR) is 80.3 cm³/mol. The van der Waals surface area contributed by atoms with Crippen molar-refractivity contribution in [3.05, 3.63) is 28.3 Å². The van der Waals surface area contributed by atoms with Crippen molar-refractivity contribution >= 4 is 32.4 Å². The first-order valence-corrected chi connectivity index (χ1v) is 7.52. The highest BCUT2D eigenvalue weighted by atomic mass is 32.1. The number of non-ortho nitro benzene ring substituents is 1. The Kier molecular flexibility index (Phi) is 3.54. The van der Waals surface area contributed by atoms with E-state index in [2.05, 4.69) is 9.88 Å². The van der Waals surface area contributed by atoms with E-state index in [1.165, 1.54) is 18.6 Å². The van der Waals surface area contributed by atoms with Gasteiger partial charge < -0.3 is 10.6 Å². The molecule has 3 rings (SSSR count). The van der Waals surface area contributed by atoms with Crippen molar-refractivity contribution in [2.45, 2.75) is 25.3 Å². The Hall–Kier alpha value is -1.73. The summed E-state index contributed by atoms with van der Waals surface area (Å²) in [6.45, 7) is 1.58. The average Bonchev–Trinajstić information content (AvgIpc) is 2.89. The minimum atomic E-state index is -0.387. The van der Waals surface area contributed by atoms with Crippen LogP contribution in [0.1, 0.15) is 19.3 Å². The Morgan fingerprint density at radius 2 is 2.35 bits per heavy atom. The lowest BCUT2D eigenvalue weighted by Crippen LogP contribution is -2.44. The van der Waals surface area contributed by atoms with Gasteiger partial charge in [-0.25, -0.2) is 4.98 Å². The maximum atomic E-state index is 10.8. The predicted octanol–water partition coefficient (Wildman–Crippen LogP) is 2.52. The molecule has 6 nitrogen and oxygen atoms in total. The fourth-order valence-electron chi connectivity index (χ4n) is 2.64. The zero-order valence-corrected chi connectivity index (χ0v) is 11.8. The van der Waals surface area contributed by atoms with Crippen LogP contribution in [-0.4, -0.2) is 29.0 Å². The molecule has 1 atom stereocenters. The van der Waals surface area contributed by atoms with Crippen LogP contribution in [0, 0.1) is 10.1 Å². The SMILES string of the molecule is NC[C@@H]1CCCCN1c1nc2cc([N+](=O)[O-])ccc2s1. The van der Waals surface area contributed by atoms with Gasteiger partial charge in [0.25, 0.3) is 5.69 Å². The smallest absolute Gasteiger partial charge is 0.271 e. The third-order valence-corrected chi connectivity index (χ3v) is 4.79. The fraction of sp³-hybridized carbons (Fsp3) is 0.462. The molecule has 1 aliphatic heterocycles. The molecular weight excluding hydrogens is 276 g/mol. The maximum absolute atomic E-state index is 10.8. The summed E-state index contributed by atoms with van der Waals surface area (Å²) >= 11 is 1.58. The van der Waals surface area contributed by atoms with Gasteiger partial charge in [-0.05, 0) is 25.3 Å². The molecule has 2 aromatic rings. The van der Waals surface area contributed by atoms with Crippen LogP contribution in [0.15, 0.2) is 18.2 Å². The third-order valence-electron chi connectivity index (χ3n) is 3.72. The standard InChI is InChI=1S/C13H16N4O2S/c14-8-10-3-1-2-6-16(10)13-15-11-7-9(17(18)19)4-5-12(11)20-13/h4-5,7,10H,1-3,6,8,14H2/t10-/m0/s1. The topological polar surface area (TPSA) is 85.3 Å². The number of piperidine rings is 1. The second-order valence-electron chi connectivity index (χ2n) is 4.98. The highest BCUT2D eigenvalue weighted by Gasteiger charge is 2.24. The highest BCUT2D eigenvalue weighted by Crippen LogP contribution is 2.33. The van der Waals surface area contributed by atoms with Crippen LogP contribution in [0.25, 0.3) is 10.2 Å². The monoisotopic (exact) mass is 292 g/mol. The molecule has 7 heteroatoms. The molecule has 1 aromatic heterocycles. The molecule has 106 valence electrons. The maximum Gasteiger partial charge on any atom is 0.271 e. The largest absolute Gasteiger partial charge is 0.344 e. The molecule has 0 amide bonds. The number of hydrogen-bond donors (Lipinski definition) is 1. The van der Waals surface area contributed by atoms with Gasteiger partial charge in [0.05, 0.1) is 15.1 Å². The van der Waals surface area contributed by atoms with Gasteiger partial charge in [-0.15, -0.1) is 0 Å². The first-order chi connectivity index (χ1) is 9.69. The van der Waals surface area contributed by atoms with Crippen molar-refractivity contribution < 1.29 is 4.92 Å². The summed E-state index contributed by atoms with van der Waals surface area (Å²) in [5.41, 5.74) is 6.62. The lowest BCUT2D eigenvalue weighted by molar-refractivity contribution is -0.384. The van der Waals surface area contributed by atoms with Gasteiger partial charge in [0.1, 0.15) is 0 Å². The second-order valence-corrected chi connectivity index (χ2v) is 5.99. The molecule has 1 saturated heterocycles. The number of nitrogens with zero attached hydrogens (tertiary/aromatic N) is 3. The minimum absolute atomic E-state index is 0.0865. The number of fused-ring (bicyclic) bond motifs is 1. The van der Waals surface area contributed by atoms with E-state index >= 15 is 0 Å². The molecule has 2 heterocycles. The Morgan fingerprint density at radius 1 is 1.50 bits per heavy atom. The van der Waals surface area contributed by atoms with Gasteiger partial charge in [-0.3, -0.25) is 10.1 Å². The van der Waals surface area contributed by atoms with Crippen molar-refractivity contribution in [3.8, 4) is 0 Å². The van der Waals surface area contributed by atoms with Crippen LogP contribution in [0.2, 0.25) is 0 Å². The van der Waals surface area contributed by atoms with E-state index in [-0.39, 0.29) is 10.6 Å². The highest BCUT2D eigenvalue weighted by molar-refractivity contribution is 7.22. The average molecular weight is 292 g/mol. The quantitative estimate of drug-likeness (QED) is 0.694. The Morgan fingerprint density at radius 3 is 3.10 bits per heavy atom. The summed E-state index contributed by atoms with van der Waals surface area (Å²) in [5.74, 6) is 0. The van der Waals surface area contributed by atoms with Crippen molar-refractivity contribution in [1.82, 2.24) is 4.98 Å². The van der Waals surface area contributed by atoms with Crippen LogP contribution in [0.4, 0.5) is 10.8 Å². The van der Waals surface area contributed by atoms with E-state index in [0.717, 1.165) is 29.2 Å². The summed E-state index contributed by atoms with van der Waals surface area (Å²) in [5, 5.41) is 11.7. The van der Waals surface area contributed by atoms with E-state index in [1.807, 2.05) is 0 Å². The second kappa shape index (κ2) is 5.34. The minimum Gasteiger partial charge on any atom is -0.344 e. The number of nitrogens with two attached hydrogens (primary N) is 1. The molecule has 1 aromatic carbocycles. The normalized spacial score (nSPS) is 19.4. The number of aromatic nitrogens is 1. The van der Waals surface area contributed by atoms with Crippen molar-refractivity contribution in [2.75, 3.05) is 18.0 Å². The number of anilines is 1. The van der Waals surface area contributed by atoms with Gasteiger partial charge in [0, 0.05) is 31.3 Å². The Balaban J connectivity index is 1.97. The van der Waals surface area contributed by atoms with Gasteiger partial charge in [-0.1, -0.05) is 11.3 Å². The van der Waals surface area contributed by atoms with Gasteiger partial charge >= 0.3 is 0 Å². The number of thiazole rings is 1. The lowest BCUT2D eigenvalue weighted by atomic mass is 10.0. The summed E-state index contributed by atoms with van der Waals surface area (Å²) in [6, 6.07) is 5.17. The molecule has 0 saturated carbocycles. The van der Waals surface area contributed by atoms with Gasteiger partial charge in [-0.2, -0.15) is 0 Å². The molecule has 0 radical (unpaired) electrons. The first-order valence-electron chi connectivity index (χ1n) is 6.71. The summed E-state index contributed by atoms with van der Waals surface area (Å²) in [6.07, 6.45) is 3.44. The molecular formula is C13H16N4O2S. The van der Waals surface area contributed by atoms with Crippen LogP contribution in [0.3, 0.4) is 0 Å². The first kappa shape index (κ1) is 13.3.